The third-order valence-electron chi connectivity index (χ3n) is 4.03. The van der Waals surface area contributed by atoms with Gasteiger partial charge in [0.1, 0.15) is 11.1 Å². The molecule has 0 unspecified atom stereocenters. The van der Waals surface area contributed by atoms with Gasteiger partial charge in [0.05, 0.1) is 22.4 Å². The minimum atomic E-state index is -0.714. The number of halogens is 2. The van der Waals surface area contributed by atoms with Crippen LogP contribution in [0.5, 0.6) is 0 Å². The van der Waals surface area contributed by atoms with E-state index in [1.165, 1.54) is 18.2 Å². The molecule has 1 fully saturated rings. The Morgan fingerprint density at radius 3 is 2.61 bits per heavy atom. The minimum Gasteiger partial charge on any atom is -0.459 e. The molecule has 1 aliphatic heterocycles. The van der Waals surface area contributed by atoms with Crippen LogP contribution in [0, 0.1) is 5.82 Å². The SMILES string of the molecule is CC(C)OC(=O)c1ccc(NC(=O)[C@H]2CC(=O)NC(=Nc3ccc(F)c(Cl)c3)S2)cc1. The second kappa shape index (κ2) is 9.93. The van der Waals surface area contributed by atoms with E-state index >= 15 is 0 Å². The molecule has 7 nitrogen and oxygen atoms in total. The van der Waals surface area contributed by atoms with Crippen LogP contribution in [0.4, 0.5) is 15.8 Å². The van der Waals surface area contributed by atoms with Crippen LogP contribution in [0.25, 0.3) is 0 Å². The molecule has 31 heavy (non-hydrogen) atoms. The Morgan fingerprint density at radius 1 is 1.26 bits per heavy atom. The number of hydrogen-bond donors (Lipinski definition) is 2. The molecule has 2 amide bonds. The number of thioether (sulfide) groups is 1. The predicted octanol–water partition coefficient (Wildman–Crippen LogP) is 4.29. The number of carbonyl (C=O) groups is 3. The molecule has 0 aromatic heterocycles. The topological polar surface area (TPSA) is 96.9 Å². The van der Waals surface area contributed by atoms with Crippen molar-refractivity contribution in [3.8, 4) is 0 Å². The number of anilines is 1. The Labute approximate surface area is 187 Å². The van der Waals surface area contributed by atoms with Crippen molar-refractivity contribution in [1.82, 2.24) is 5.32 Å². The van der Waals surface area contributed by atoms with E-state index in [0.29, 0.717) is 16.9 Å². The molecule has 10 heteroatoms. The molecule has 2 N–H and O–H groups in total. The number of hydrogen-bond acceptors (Lipinski definition) is 6. The van der Waals surface area contributed by atoms with Crippen molar-refractivity contribution < 1.29 is 23.5 Å². The number of ether oxygens (including phenoxy) is 1. The van der Waals surface area contributed by atoms with Crippen LogP contribution in [0.3, 0.4) is 0 Å². The maximum Gasteiger partial charge on any atom is 0.338 e. The average Bonchev–Trinajstić information content (AvgIpc) is 2.70. The zero-order valence-corrected chi connectivity index (χ0v) is 18.2. The van der Waals surface area contributed by atoms with Gasteiger partial charge in [0.25, 0.3) is 0 Å². The van der Waals surface area contributed by atoms with Gasteiger partial charge in [-0.2, -0.15) is 0 Å². The second-order valence-corrected chi connectivity index (χ2v) is 8.49. The lowest BCUT2D eigenvalue weighted by molar-refractivity contribution is -0.123. The molecule has 3 rings (SSSR count). The van der Waals surface area contributed by atoms with Crippen molar-refractivity contribution in [2.24, 2.45) is 4.99 Å². The highest BCUT2D eigenvalue weighted by molar-refractivity contribution is 8.15. The van der Waals surface area contributed by atoms with E-state index in [1.807, 2.05) is 0 Å². The predicted molar refractivity (Wildman–Crippen MR) is 118 cm³/mol. The highest BCUT2D eigenvalue weighted by atomic mass is 35.5. The fourth-order valence-corrected chi connectivity index (χ4v) is 3.79. The molecule has 2 aromatic rings. The van der Waals surface area contributed by atoms with Crippen molar-refractivity contribution in [2.75, 3.05) is 5.32 Å². The van der Waals surface area contributed by atoms with E-state index in [4.69, 9.17) is 16.3 Å². The molecule has 0 radical (unpaired) electrons. The number of amidine groups is 1. The summed E-state index contributed by atoms with van der Waals surface area (Å²) in [6.45, 7) is 3.51. The van der Waals surface area contributed by atoms with Gasteiger partial charge in [-0.25, -0.2) is 14.2 Å². The summed E-state index contributed by atoms with van der Waals surface area (Å²) in [5.74, 6) is -1.78. The molecule has 2 aromatic carbocycles. The number of nitrogens with zero attached hydrogens (tertiary/aromatic N) is 1. The summed E-state index contributed by atoms with van der Waals surface area (Å²) in [6, 6.07) is 10.2. The number of rotatable bonds is 5. The molecular weight excluding hydrogens is 445 g/mol. The molecular formula is C21H19ClFN3O4S. The Balaban J connectivity index is 1.67. The van der Waals surface area contributed by atoms with Gasteiger partial charge in [-0.3, -0.25) is 9.59 Å². The van der Waals surface area contributed by atoms with Crippen LogP contribution in [0.2, 0.25) is 5.02 Å². The Kier molecular flexibility index (Phi) is 7.29. The molecule has 1 saturated heterocycles. The van der Waals surface area contributed by atoms with Crippen molar-refractivity contribution in [2.45, 2.75) is 31.6 Å². The third-order valence-corrected chi connectivity index (χ3v) is 5.40. The van der Waals surface area contributed by atoms with E-state index in [-0.39, 0.29) is 34.5 Å². The van der Waals surface area contributed by atoms with Crippen molar-refractivity contribution in [3.05, 3.63) is 58.9 Å². The molecule has 0 spiro atoms. The van der Waals surface area contributed by atoms with Gasteiger partial charge in [-0.15, -0.1) is 0 Å². The van der Waals surface area contributed by atoms with Crippen LogP contribution in [0.15, 0.2) is 47.5 Å². The van der Waals surface area contributed by atoms with Crippen molar-refractivity contribution >= 4 is 57.7 Å². The van der Waals surface area contributed by atoms with E-state index in [9.17, 15) is 18.8 Å². The fourth-order valence-electron chi connectivity index (χ4n) is 2.61. The Hall–Kier alpha value is -2.91. The summed E-state index contributed by atoms with van der Waals surface area (Å²) in [7, 11) is 0. The van der Waals surface area contributed by atoms with Crippen LogP contribution in [-0.4, -0.2) is 34.3 Å². The van der Waals surface area contributed by atoms with Gasteiger partial charge in [-0.05, 0) is 56.3 Å². The fraction of sp³-hybridized carbons (Fsp3) is 0.238. The Bertz CT molecular complexity index is 1040. The third kappa shape index (κ3) is 6.28. The van der Waals surface area contributed by atoms with Gasteiger partial charge in [0, 0.05) is 12.1 Å². The number of esters is 1. The summed E-state index contributed by atoms with van der Waals surface area (Å²) in [5.41, 5.74) is 1.19. The van der Waals surface area contributed by atoms with Crippen LogP contribution in [-0.2, 0) is 14.3 Å². The average molecular weight is 464 g/mol. The lowest BCUT2D eigenvalue weighted by Crippen LogP contribution is -2.41. The van der Waals surface area contributed by atoms with E-state index < -0.39 is 17.0 Å². The maximum atomic E-state index is 13.3. The second-order valence-electron chi connectivity index (χ2n) is 6.89. The summed E-state index contributed by atoms with van der Waals surface area (Å²) >= 11 is 6.83. The number of amides is 2. The summed E-state index contributed by atoms with van der Waals surface area (Å²) in [4.78, 5) is 40.8. The molecule has 162 valence electrons. The number of benzene rings is 2. The van der Waals surface area contributed by atoms with Crippen LogP contribution < -0.4 is 10.6 Å². The minimum absolute atomic E-state index is 0.0293. The molecule has 1 atom stereocenters. The number of aliphatic imine (C=N–C) groups is 1. The summed E-state index contributed by atoms with van der Waals surface area (Å²) in [6.07, 6.45) is -0.262. The highest BCUT2D eigenvalue weighted by Gasteiger charge is 2.30. The van der Waals surface area contributed by atoms with Crippen molar-refractivity contribution in [1.29, 1.82) is 0 Å². The van der Waals surface area contributed by atoms with Gasteiger partial charge in [0.2, 0.25) is 11.8 Å². The molecule has 0 saturated carbocycles. The monoisotopic (exact) mass is 463 g/mol. The molecule has 1 aliphatic rings. The van der Waals surface area contributed by atoms with Crippen LogP contribution in [0.1, 0.15) is 30.6 Å². The highest BCUT2D eigenvalue weighted by Crippen LogP contribution is 2.27. The first-order chi connectivity index (χ1) is 14.7. The summed E-state index contributed by atoms with van der Waals surface area (Å²) in [5, 5.41) is 4.72. The lowest BCUT2D eigenvalue weighted by Gasteiger charge is -2.22. The first-order valence-corrected chi connectivity index (χ1v) is 10.6. The first kappa shape index (κ1) is 22.8. The molecule has 0 bridgehead atoms. The largest absolute Gasteiger partial charge is 0.459 e. The van der Waals surface area contributed by atoms with Crippen LogP contribution >= 0.6 is 23.4 Å². The summed E-state index contributed by atoms with van der Waals surface area (Å²) < 4.78 is 18.4. The van der Waals surface area contributed by atoms with E-state index in [0.717, 1.165) is 11.8 Å². The molecule has 0 aliphatic carbocycles. The number of nitrogens with one attached hydrogen (secondary N) is 2. The van der Waals surface area contributed by atoms with Crippen molar-refractivity contribution in [3.63, 3.8) is 0 Å². The zero-order chi connectivity index (χ0) is 22.5. The maximum absolute atomic E-state index is 13.3. The van der Waals surface area contributed by atoms with Gasteiger partial charge >= 0.3 is 5.97 Å². The van der Waals surface area contributed by atoms with Gasteiger partial charge < -0.3 is 15.4 Å². The lowest BCUT2D eigenvalue weighted by atomic mass is 10.2. The quantitative estimate of drug-likeness (QED) is 0.644. The number of carbonyl (C=O) groups excluding carboxylic acids is 3. The molecule has 1 heterocycles. The smallest absolute Gasteiger partial charge is 0.338 e. The zero-order valence-electron chi connectivity index (χ0n) is 16.6. The van der Waals surface area contributed by atoms with Gasteiger partial charge in [0.15, 0.2) is 5.17 Å². The van der Waals surface area contributed by atoms with E-state index in [1.54, 1.807) is 38.1 Å². The first-order valence-electron chi connectivity index (χ1n) is 9.33. The normalized spacial score (nSPS) is 17.4. The van der Waals surface area contributed by atoms with E-state index in [2.05, 4.69) is 15.6 Å². The standard InChI is InChI=1S/C21H19ClFN3O4S/c1-11(2)30-20(29)12-3-5-13(6-4-12)24-19(28)17-10-18(27)26-21(31-17)25-14-7-8-16(23)15(22)9-14/h3-9,11,17H,10H2,1-2H3,(H,24,28)(H,25,26,27)/t17-/m1/s1. The Morgan fingerprint density at radius 2 is 1.97 bits per heavy atom. The van der Waals surface area contributed by atoms with Gasteiger partial charge in [-0.1, -0.05) is 23.4 Å².